The maximum Gasteiger partial charge on any atom is 0.295 e. The Hall–Kier alpha value is -2.05. The number of aromatic nitrogens is 2. The molecule has 0 saturated heterocycles. The summed E-state index contributed by atoms with van der Waals surface area (Å²) in [7, 11) is 2.95. The first-order valence-electron chi connectivity index (χ1n) is 4.17. The number of nitrogens with one attached hydrogen (secondary N) is 1. The second-order valence-electron chi connectivity index (χ2n) is 2.91. The van der Waals surface area contributed by atoms with Crippen LogP contribution in [0.4, 0.5) is 5.82 Å². The van der Waals surface area contributed by atoms with E-state index in [-0.39, 0.29) is 18.1 Å². The van der Waals surface area contributed by atoms with Crippen molar-refractivity contribution in [1.29, 1.82) is 0 Å². The van der Waals surface area contributed by atoms with Crippen LogP contribution in [0.25, 0.3) is 0 Å². The number of rotatable bonds is 4. The number of methoxy groups -OCH3 is 1. The van der Waals surface area contributed by atoms with Crippen molar-refractivity contribution in [2.24, 2.45) is 5.73 Å². The molecule has 0 spiro atoms. The first-order chi connectivity index (χ1) is 7.06. The number of ether oxygens (including phenoxy) is 1. The van der Waals surface area contributed by atoms with Crippen LogP contribution in [0.5, 0.6) is 5.75 Å². The topological polar surface area (TPSA) is 101 Å². The highest BCUT2D eigenvalue weighted by molar-refractivity contribution is 5.79. The summed E-state index contributed by atoms with van der Waals surface area (Å²) in [6.07, 6.45) is 1.23. The quantitative estimate of drug-likeness (QED) is 0.646. The third-order valence-corrected chi connectivity index (χ3v) is 1.75. The number of anilines is 1. The van der Waals surface area contributed by atoms with Gasteiger partial charge in [0.05, 0.1) is 20.0 Å². The molecule has 1 aromatic rings. The number of H-pyrrole nitrogens is 1. The molecule has 0 aliphatic heterocycles. The molecule has 1 amide bonds. The molecule has 0 bridgehead atoms. The molecule has 1 aromatic heterocycles. The lowest BCUT2D eigenvalue weighted by Gasteiger charge is -2.17. The van der Waals surface area contributed by atoms with Crippen LogP contribution in [0.15, 0.2) is 11.1 Å². The van der Waals surface area contributed by atoms with Gasteiger partial charge in [-0.3, -0.25) is 9.59 Å². The predicted molar refractivity (Wildman–Crippen MR) is 53.9 cm³/mol. The largest absolute Gasteiger partial charge is 0.489 e. The van der Waals surface area contributed by atoms with Crippen LogP contribution >= 0.6 is 0 Å². The van der Waals surface area contributed by atoms with E-state index in [1.807, 2.05) is 0 Å². The Kier molecular flexibility index (Phi) is 3.27. The molecule has 82 valence electrons. The zero-order chi connectivity index (χ0) is 11.4. The summed E-state index contributed by atoms with van der Waals surface area (Å²) in [6.45, 7) is -0.0349. The van der Waals surface area contributed by atoms with Crippen molar-refractivity contribution in [3.63, 3.8) is 0 Å². The molecule has 0 aromatic carbocycles. The van der Waals surface area contributed by atoms with Crippen molar-refractivity contribution in [2.75, 3.05) is 25.6 Å². The van der Waals surface area contributed by atoms with Gasteiger partial charge in [-0.1, -0.05) is 0 Å². The molecule has 3 N–H and O–H groups in total. The van der Waals surface area contributed by atoms with Gasteiger partial charge in [0.25, 0.3) is 5.56 Å². The molecule has 0 aliphatic rings. The molecule has 1 rings (SSSR count). The molecule has 7 heteroatoms. The average Bonchev–Trinajstić information content (AvgIpc) is 2.16. The van der Waals surface area contributed by atoms with Crippen LogP contribution < -0.4 is 20.9 Å². The van der Waals surface area contributed by atoms with Crippen molar-refractivity contribution in [1.82, 2.24) is 9.97 Å². The summed E-state index contributed by atoms with van der Waals surface area (Å²) in [6, 6.07) is 0. The molecule has 0 unspecified atom stereocenters. The minimum absolute atomic E-state index is 0.0349. The Labute approximate surface area is 85.9 Å². The maximum atomic E-state index is 11.3. The molecule has 0 saturated carbocycles. The van der Waals surface area contributed by atoms with E-state index < -0.39 is 11.5 Å². The minimum Gasteiger partial charge on any atom is -0.489 e. The Bertz CT molecular complexity index is 415. The van der Waals surface area contributed by atoms with Crippen LogP contribution in [0.1, 0.15) is 0 Å². The summed E-state index contributed by atoms with van der Waals surface area (Å²) < 4.78 is 4.88. The summed E-state index contributed by atoms with van der Waals surface area (Å²) >= 11 is 0. The smallest absolute Gasteiger partial charge is 0.295 e. The standard InChI is InChI=1S/C8H12N4O3/c1-12(3-5(9)13)7-6(15-2)8(14)11-4-10-7/h4H,3H2,1-2H3,(H2,9,13)(H,10,11,14). The molecular weight excluding hydrogens is 200 g/mol. The van der Waals surface area contributed by atoms with Gasteiger partial charge in [-0.25, -0.2) is 4.98 Å². The van der Waals surface area contributed by atoms with Gasteiger partial charge in [-0.15, -0.1) is 0 Å². The van der Waals surface area contributed by atoms with Crippen LogP contribution in [-0.4, -0.2) is 36.6 Å². The van der Waals surface area contributed by atoms with E-state index in [1.54, 1.807) is 7.05 Å². The highest BCUT2D eigenvalue weighted by Crippen LogP contribution is 2.17. The van der Waals surface area contributed by atoms with E-state index in [9.17, 15) is 9.59 Å². The number of primary amides is 1. The van der Waals surface area contributed by atoms with Gasteiger partial charge < -0.3 is 20.4 Å². The third kappa shape index (κ3) is 2.46. The number of amides is 1. The second kappa shape index (κ2) is 4.45. The lowest BCUT2D eigenvalue weighted by atomic mass is 10.4. The molecule has 1 heterocycles. The Balaban J connectivity index is 3.08. The monoisotopic (exact) mass is 212 g/mol. The Morgan fingerprint density at radius 3 is 2.93 bits per heavy atom. The predicted octanol–water partition coefficient (Wildman–Crippen LogP) is -1.30. The Morgan fingerprint density at radius 1 is 1.73 bits per heavy atom. The summed E-state index contributed by atoms with van der Waals surface area (Å²) in [5.74, 6) is -0.178. The molecule has 7 nitrogen and oxygen atoms in total. The fourth-order valence-electron chi connectivity index (χ4n) is 1.14. The summed E-state index contributed by atoms with van der Waals surface area (Å²) in [5.41, 5.74) is 4.62. The van der Waals surface area contributed by atoms with E-state index in [0.717, 1.165) is 0 Å². The number of aromatic amines is 1. The van der Waals surface area contributed by atoms with Crippen molar-refractivity contribution in [2.45, 2.75) is 0 Å². The van der Waals surface area contributed by atoms with Crippen molar-refractivity contribution < 1.29 is 9.53 Å². The van der Waals surface area contributed by atoms with Gasteiger partial charge >= 0.3 is 0 Å². The SMILES string of the molecule is COc1c(N(C)CC(N)=O)nc[nH]c1=O. The van der Waals surface area contributed by atoms with Gasteiger partial charge in [-0.05, 0) is 0 Å². The van der Waals surface area contributed by atoms with Gasteiger partial charge in [0.15, 0.2) is 5.82 Å². The van der Waals surface area contributed by atoms with Crippen LogP contribution in [0.2, 0.25) is 0 Å². The number of carbonyl (C=O) groups excluding carboxylic acids is 1. The highest BCUT2D eigenvalue weighted by Gasteiger charge is 2.14. The van der Waals surface area contributed by atoms with Crippen LogP contribution in [0, 0.1) is 0 Å². The van der Waals surface area contributed by atoms with Crippen molar-refractivity contribution in [3.05, 3.63) is 16.7 Å². The number of carbonyl (C=O) groups is 1. The van der Waals surface area contributed by atoms with E-state index >= 15 is 0 Å². The summed E-state index contributed by atoms with van der Waals surface area (Å²) in [4.78, 5) is 29.7. The number of nitrogens with zero attached hydrogens (tertiary/aromatic N) is 2. The lowest BCUT2D eigenvalue weighted by Crippen LogP contribution is -2.32. The maximum absolute atomic E-state index is 11.3. The average molecular weight is 212 g/mol. The highest BCUT2D eigenvalue weighted by atomic mass is 16.5. The van der Waals surface area contributed by atoms with Crippen LogP contribution in [0.3, 0.4) is 0 Å². The minimum atomic E-state index is -0.512. The number of hydrogen-bond acceptors (Lipinski definition) is 5. The molecular formula is C8H12N4O3. The zero-order valence-corrected chi connectivity index (χ0v) is 8.48. The number of hydrogen-bond donors (Lipinski definition) is 2. The van der Waals surface area contributed by atoms with Crippen LogP contribution in [-0.2, 0) is 4.79 Å². The third-order valence-electron chi connectivity index (χ3n) is 1.75. The number of likely N-dealkylation sites (N-methyl/N-ethyl adjacent to an activating group) is 1. The molecule has 15 heavy (non-hydrogen) atoms. The normalized spacial score (nSPS) is 9.73. The van der Waals surface area contributed by atoms with Crippen molar-refractivity contribution >= 4 is 11.7 Å². The van der Waals surface area contributed by atoms with E-state index in [0.29, 0.717) is 0 Å². The fourth-order valence-corrected chi connectivity index (χ4v) is 1.14. The van der Waals surface area contributed by atoms with E-state index in [1.165, 1.54) is 18.3 Å². The molecule has 0 fully saturated rings. The Morgan fingerprint density at radius 2 is 2.40 bits per heavy atom. The van der Waals surface area contributed by atoms with Crippen molar-refractivity contribution in [3.8, 4) is 5.75 Å². The molecule has 0 aliphatic carbocycles. The lowest BCUT2D eigenvalue weighted by molar-refractivity contribution is -0.116. The van der Waals surface area contributed by atoms with Gasteiger partial charge in [0, 0.05) is 7.05 Å². The second-order valence-corrected chi connectivity index (χ2v) is 2.91. The fraction of sp³-hybridized carbons (Fsp3) is 0.375. The van der Waals surface area contributed by atoms with Gasteiger partial charge in [0.2, 0.25) is 11.7 Å². The first kappa shape index (κ1) is 11.0. The van der Waals surface area contributed by atoms with E-state index in [4.69, 9.17) is 10.5 Å². The molecule has 0 atom stereocenters. The van der Waals surface area contributed by atoms with E-state index in [2.05, 4.69) is 9.97 Å². The van der Waals surface area contributed by atoms with Gasteiger partial charge in [-0.2, -0.15) is 0 Å². The number of nitrogens with two attached hydrogens (primary N) is 1. The summed E-state index contributed by atoms with van der Waals surface area (Å²) in [5, 5.41) is 0. The first-order valence-corrected chi connectivity index (χ1v) is 4.17. The molecule has 0 radical (unpaired) electrons. The van der Waals surface area contributed by atoms with Gasteiger partial charge in [0.1, 0.15) is 0 Å². The zero-order valence-electron chi connectivity index (χ0n) is 8.48.